The number of halogens is 4. The molecule has 0 radical (unpaired) electrons. The lowest BCUT2D eigenvalue weighted by molar-refractivity contribution is -0.384. The van der Waals surface area contributed by atoms with E-state index < -0.39 is 134 Å². The van der Waals surface area contributed by atoms with Gasteiger partial charge in [-0.15, -0.1) is 0 Å². The van der Waals surface area contributed by atoms with Crippen molar-refractivity contribution in [3.8, 4) is 0 Å². The third-order valence-corrected chi connectivity index (χ3v) is 30.9. The normalized spacial score (nSPS) is 11.6. The Morgan fingerprint density at radius 3 is 0.849 bits per heavy atom. The van der Waals surface area contributed by atoms with Crippen molar-refractivity contribution in [1.82, 2.24) is 0 Å². The van der Waals surface area contributed by atoms with Crippen LogP contribution in [0.2, 0.25) is 5.02 Å². The summed E-state index contributed by atoms with van der Waals surface area (Å²) in [6.07, 6.45) is 0. The van der Waals surface area contributed by atoms with Gasteiger partial charge in [-0.2, -0.15) is 0 Å². The second kappa shape index (κ2) is 40.2. The second-order valence-corrected chi connectivity index (χ2v) is 42.4. The highest BCUT2D eigenvalue weighted by molar-refractivity contribution is 9.10. The number of hydrogen-bond acceptors (Lipinski definition) is 28. The maximum atomic E-state index is 13.2. The van der Waals surface area contributed by atoms with E-state index in [1.807, 2.05) is 72.7 Å². The van der Waals surface area contributed by atoms with Gasteiger partial charge in [-0.3, -0.25) is 39.9 Å². The molecule has 0 fully saturated rings. The fourth-order valence-electron chi connectivity index (χ4n) is 13.4. The zero-order valence-electron chi connectivity index (χ0n) is 72.9. The number of hydrogen-bond donors (Lipinski definition) is 2. The van der Waals surface area contributed by atoms with Gasteiger partial charge in [0.25, 0.3) is 28.9 Å². The molecule has 0 unspecified atom stereocenters. The summed E-state index contributed by atoms with van der Waals surface area (Å²) in [5.74, 6) is -1.99. The number of rotatable bonds is 17. The number of nitro groups is 3. The van der Waals surface area contributed by atoms with Crippen LogP contribution in [0, 0.1) is 69.7 Å². The molecular formula is C97H69BrClF2N5O28S5. The van der Waals surface area contributed by atoms with Crippen molar-refractivity contribution in [2.75, 3.05) is 10.6 Å². The first-order valence-electron chi connectivity index (χ1n) is 40.4. The minimum atomic E-state index is -4.25. The summed E-state index contributed by atoms with van der Waals surface area (Å²) >= 11 is 9.03. The van der Waals surface area contributed by atoms with E-state index in [-0.39, 0.29) is 108 Å². The Kier molecular flexibility index (Phi) is 29.1. The molecule has 0 atom stereocenters. The highest BCUT2D eigenvalue weighted by Crippen LogP contribution is 2.34. The summed E-state index contributed by atoms with van der Waals surface area (Å²) in [6.45, 7) is 13.7. The topological polar surface area (TPSA) is 509 Å². The molecule has 17 rings (SSSR count). The van der Waals surface area contributed by atoms with Crippen molar-refractivity contribution in [1.29, 1.82) is 0 Å². The van der Waals surface area contributed by atoms with Gasteiger partial charge in [0.05, 0.1) is 39.2 Å². The highest BCUT2D eigenvalue weighted by atomic mass is 79.9. The average Bonchev–Trinajstić information content (AvgIpc) is 0.793. The molecule has 139 heavy (non-hydrogen) atoms. The van der Waals surface area contributed by atoms with E-state index in [1.54, 1.807) is 24.3 Å². The largest absolute Gasteiger partial charge is 0.422 e. The molecule has 0 spiro atoms. The van der Waals surface area contributed by atoms with E-state index in [1.165, 1.54) is 140 Å². The summed E-state index contributed by atoms with van der Waals surface area (Å²) in [5.41, 5.74) is 1.19. The number of sulfone groups is 5. The van der Waals surface area contributed by atoms with Crippen LogP contribution in [0.4, 0.5) is 37.2 Å². The van der Waals surface area contributed by atoms with Gasteiger partial charge in [0.1, 0.15) is 39.5 Å². The van der Waals surface area contributed by atoms with Gasteiger partial charge in [0, 0.05) is 95.3 Å². The number of nitro benzene ring substituents is 3. The standard InChI is InChI=1S/C24H18ClNO5S.C24H18FNO5S.C19H17NO6S.C15H8BrNO6S.C15H8FNO6S/c2*1-14-4-3-5-20(15(14)2)26-23(27)16-6-11-21-17(12-16)13-22(24(28)31-21)32(29,30)19-9-7-18(25)8-10-19;1-19(2,3)13-4-7-15(8-5-13)27(24,25)17-11-12-10-14(20(22)23)6-9-16(12)26-18(17)21;2*16-10-1-4-12(5-2-10)24(21,22)14-8-9-7-11(17(19)20)3-6-13(9)23-15(14)18/h2*3-13H,1-2H3,(H,26,27);4-11H,1-3H3;2*1-8H. The molecule has 5 aromatic heterocycles. The maximum Gasteiger partial charge on any atom is 0.355 e. The molecular weight excluding hydrogens is 2000 g/mol. The van der Waals surface area contributed by atoms with E-state index in [2.05, 4.69) is 26.6 Å². The summed E-state index contributed by atoms with van der Waals surface area (Å²) in [5, 5.41) is 39.6. The minimum absolute atomic E-state index is 0.0173. The van der Waals surface area contributed by atoms with Crippen LogP contribution in [0.25, 0.3) is 54.8 Å². The number of carbonyl (C=O) groups excluding carboxylic acids is 2. The molecule has 0 saturated carbocycles. The van der Waals surface area contributed by atoms with E-state index in [9.17, 15) is 115 Å². The highest BCUT2D eigenvalue weighted by Gasteiger charge is 2.31. The Hall–Kier alpha value is -15.8. The van der Waals surface area contributed by atoms with Crippen LogP contribution in [-0.2, 0) is 54.6 Å². The number of benzene rings is 12. The van der Waals surface area contributed by atoms with Crippen molar-refractivity contribution in [2.45, 2.75) is 103 Å². The smallest absolute Gasteiger partial charge is 0.355 e. The number of nitrogens with zero attached hydrogens (tertiary/aromatic N) is 3. The molecule has 2 amide bonds. The number of anilines is 2. The molecule has 0 aliphatic carbocycles. The number of aryl methyl sites for hydroxylation is 2. The fourth-order valence-corrected chi connectivity index (χ4v) is 20.3. The molecule has 5 heterocycles. The third kappa shape index (κ3) is 22.3. The molecule has 708 valence electrons. The van der Waals surface area contributed by atoms with Crippen molar-refractivity contribution >= 4 is 172 Å². The number of amides is 2. The van der Waals surface area contributed by atoms with Crippen LogP contribution in [-0.4, -0.2) is 68.7 Å². The van der Waals surface area contributed by atoms with Crippen LogP contribution in [0.1, 0.15) is 69.3 Å². The lowest BCUT2D eigenvalue weighted by Gasteiger charge is -2.19. The summed E-state index contributed by atoms with van der Waals surface area (Å²) in [7, 11) is -20.9. The predicted molar refractivity (Wildman–Crippen MR) is 511 cm³/mol. The molecule has 2 N–H and O–H groups in total. The number of non-ortho nitro benzene ring substituents is 3. The van der Waals surface area contributed by atoms with Crippen molar-refractivity contribution < 1.29 is 97.3 Å². The number of fused-ring (bicyclic) bond motifs is 5. The quantitative estimate of drug-likeness (QED) is 0.0370. The Morgan fingerprint density at radius 2 is 0.583 bits per heavy atom. The lowest BCUT2D eigenvalue weighted by Crippen LogP contribution is -2.15. The third-order valence-electron chi connectivity index (χ3n) is 21.3. The van der Waals surface area contributed by atoms with Gasteiger partial charge in [0.2, 0.25) is 49.2 Å². The van der Waals surface area contributed by atoms with E-state index in [0.717, 1.165) is 119 Å². The Labute approximate surface area is 798 Å². The number of carbonyl (C=O) groups is 2. The SMILES string of the molecule is CC(C)(C)c1ccc(S(=O)(=O)c2cc3cc([N+](=O)[O-])ccc3oc2=O)cc1.Cc1cccc(NC(=O)c2ccc3oc(=O)c(S(=O)(=O)c4ccc(Cl)cc4)cc3c2)c1C.Cc1cccc(NC(=O)c2ccc3oc(=O)c(S(=O)(=O)c4ccc(F)cc4)cc3c2)c1C.O=c1oc2ccc([N+](=O)[O-])cc2cc1S(=O)(=O)c1ccc(Br)cc1.O=c1oc2ccc([N+](=O)[O-])cc2cc1S(=O)(=O)c1ccc(F)cc1. The van der Waals surface area contributed by atoms with Crippen molar-refractivity contribution in [3.63, 3.8) is 0 Å². The Balaban J connectivity index is 0.000000147. The van der Waals surface area contributed by atoms with Crippen LogP contribution in [0.15, 0.2) is 379 Å². The zero-order valence-corrected chi connectivity index (χ0v) is 79.3. The molecule has 42 heteroatoms. The summed E-state index contributed by atoms with van der Waals surface area (Å²) in [6, 6.07) is 61.8. The fraction of sp³-hybridized carbons (Fsp3) is 0.0825. The van der Waals surface area contributed by atoms with Crippen molar-refractivity contribution in [2.24, 2.45) is 0 Å². The van der Waals surface area contributed by atoms with Crippen molar-refractivity contribution in [3.05, 3.63) is 422 Å². The van der Waals surface area contributed by atoms with Crippen LogP contribution < -0.4 is 38.8 Å². The molecule has 12 aromatic carbocycles. The second-order valence-electron chi connectivity index (χ2n) is 31.4. The van der Waals surface area contributed by atoms with Gasteiger partial charge in [-0.25, -0.2) is 74.8 Å². The minimum Gasteiger partial charge on any atom is -0.422 e. The zero-order chi connectivity index (χ0) is 101. The van der Waals surface area contributed by atoms with Crippen LogP contribution in [0.3, 0.4) is 0 Å². The van der Waals surface area contributed by atoms with Gasteiger partial charge in [-0.1, -0.05) is 84.7 Å². The summed E-state index contributed by atoms with van der Waals surface area (Å²) in [4.78, 5) is 114. The van der Waals surface area contributed by atoms with E-state index in [0.29, 0.717) is 31.8 Å². The molecule has 17 aromatic rings. The van der Waals surface area contributed by atoms with Crippen LogP contribution in [0.5, 0.6) is 0 Å². The molecule has 0 bridgehead atoms. The maximum absolute atomic E-state index is 13.2. The van der Waals surface area contributed by atoms with E-state index in [4.69, 9.17) is 33.7 Å². The van der Waals surface area contributed by atoms with Gasteiger partial charge >= 0.3 is 28.1 Å². The van der Waals surface area contributed by atoms with Gasteiger partial charge in [0.15, 0.2) is 24.5 Å². The summed E-state index contributed by atoms with van der Waals surface area (Å²) < 4.78 is 180. The van der Waals surface area contributed by atoms with Gasteiger partial charge < -0.3 is 32.7 Å². The van der Waals surface area contributed by atoms with E-state index >= 15 is 0 Å². The lowest BCUT2D eigenvalue weighted by atomic mass is 9.87. The molecule has 0 aliphatic heterocycles. The Morgan fingerprint density at radius 1 is 0.338 bits per heavy atom. The Bertz CT molecular complexity index is 8460. The molecule has 33 nitrogen and oxygen atoms in total. The first kappa shape index (κ1) is 101. The number of nitrogens with one attached hydrogen (secondary N) is 2. The molecule has 0 aliphatic rings. The van der Waals surface area contributed by atoms with Crippen LogP contribution >= 0.6 is 27.5 Å². The first-order valence-corrected chi connectivity index (χ1v) is 49.0. The molecule has 0 saturated heterocycles. The monoisotopic (exact) mass is 2060 g/mol. The van der Waals surface area contributed by atoms with Gasteiger partial charge in [-0.05, 0) is 267 Å². The average molecular weight is 2070 g/mol. The first-order chi connectivity index (χ1) is 65.4. The predicted octanol–water partition coefficient (Wildman–Crippen LogP) is 19.6.